The first-order valence-electron chi connectivity index (χ1n) is 8.67. The van der Waals surface area contributed by atoms with Gasteiger partial charge >= 0.3 is 0 Å². The predicted molar refractivity (Wildman–Crippen MR) is 105 cm³/mol. The van der Waals surface area contributed by atoms with Gasteiger partial charge in [-0.2, -0.15) is 0 Å². The number of anilines is 1. The second-order valence-corrected chi connectivity index (χ2v) is 6.80. The van der Waals surface area contributed by atoms with Crippen LogP contribution in [0.5, 0.6) is 5.75 Å². The molecule has 1 aliphatic heterocycles. The van der Waals surface area contributed by atoms with Crippen molar-refractivity contribution in [1.82, 2.24) is 9.88 Å². The molecule has 7 heteroatoms. The van der Waals surface area contributed by atoms with E-state index in [-0.39, 0.29) is 10.9 Å². The van der Waals surface area contributed by atoms with Crippen LogP contribution < -0.4 is 10.1 Å². The fraction of sp³-hybridized carbons (Fsp3) is 0.143. The summed E-state index contributed by atoms with van der Waals surface area (Å²) in [7, 11) is 1.60. The maximum absolute atomic E-state index is 13.4. The van der Waals surface area contributed by atoms with Gasteiger partial charge in [0.25, 0.3) is 5.91 Å². The number of pyridine rings is 1. The molecule has 0 saturated carbocycles. The summed E-state index contributed by atoms with van der Waals surface area (Å²) in [6.07, 6.45) is 1.12. The van der Waals surface area contributed by atoms with Crippen LogP contribution in [0.2, 0.25) is 5.02 Å². The molecule has 0 radical (unpaired) electrons. The lowest BCUT2D eigenvalue weighted by molar-refractivity contribution is 0.0727. The first-order valence-corrected chi connectivity index (χ1v) is 9.05. The summed E-state index contributed by atoms with van der Waals surface area (Å²) in [4.78, 5) is 19.1. The van der Waals surface area contributed by atoms with E-state index < -0.39 is 12.0 Å². The Morgan fingerprint density at radius 3 is 2.71 bits per heavy atom. The van der Waals surface area contributed by atoms with E-state index >= 15 is 0 Å². The van der Waals surface area contributed by atoms with Crippen LogP contribution in [0.15, 0.2) is 60.8 Å². The molecule has 1 atom stereocenters. The number of aromatic nitrogens is 1. The molecule has 0 saturated heterocycles. The maximum Gasteiger partial charge on any atom is 0.258 e. The SMILES string of the molecule is COc1ccc(CN2C(=O)c3cccnc3[C@H]2Nc2ccc(F)cc2Cl)cc1. The fourth-order valence-corrected chi connectivity index (χ4v) is 3.45. The Morgan fingerprint density at radius 2 is 2.00 bits per heavy atom. The zero-order valence-electron chi connectivity index (χ0n) is 15.0. The summed E-state index contributed by atoms with van der Waals surface area (Å²) in [5.41, 5.74) is 2.62. The minimum atomic E-state index is -0.520. The molecule has 0 fully saturated rings. The molecule has 1 N–H and O–H groups in total. The highest BCUT2D eigenvalue weighted by Gasteiger charge is 2.38. The van der Waals surface area contributed by atoms with E-state index in [1.54, 1.807) is 36.4 Å². The Bertz CT molecular complexity index is 1030. The minimum Gasteiger partial charge on any atom is -0.497 e. The van der Waals surface area contributed by atoms with Crippen LogP contribution in [0, 0.1) is 5.82 Å². The lowest BCUT2D eigenvalue weighted by atomic mass is 10.2. The lowest BCUT2D eigenvalue weighted by Crippen LogP contribution is -2.32. The zero-order valence-corrected chi connectivity index (χ0v) is 15.8. The van der Waals surface area contributed by atoms with E-state index in [1.807, 2.05) is 24.3 Å². The third kappa shape index (κ3) is 3.39. The number of hydrogen-bond donors (Lipinski definition) is 1. The zero-order chi connectivity index (χ0) is 19.7. The molecule has 1 amide bonds. The van der Waals surface area contributed by atoms with Crippen LogP contribution >= 0.6 is 11.6 Å². The van der Waals surface area contributed by atoms with Crippen molar-refractivity contribution in [3.8, 4) is 5.75 Å². The average Bonchev–Trinajstić information content (AvgIpc) is 2.96. The van der Waals surface area contributed by atoms with E-state index in [4.69, 9.17) is 16.3 Å². The van der Waals surface area contributed by atoms with E-state index in [9.17, 15) is 9.18 Å². The highest BCUT2D eigenvalue weighted by molar-refractivity contribution is 6.33. The van der Waals surface area contributed by atoms with Gasteiger partial charge in [-0.25, -0.2) is 4.39 Å². The van der Waals surface area contributed by atoms with Crippen LogP contribution in [0.4, 0.5) is 10.1 Å². The van der Waals surface area contributed by atoms with Crippen molar-refractivity contribution in [2.45, 2.75) is 12.7 Å². The molecule has 0 unspecified atom stereocenters. The molecular weight excluding hydrogens is 381 g/mol. The molecular formula is C21H17ClFN3O2. The molecule has 142 valence electrons. The third-order valence-electron chi connectivity index (χ3n) is 4.64. The van der Waals surface area contributed by atoms with Crippen LogP contribution in [0.3, 0.4) is 0 Å². The fourth-order valence-electron chi connectivity index (χ4n) is 3.23. The normalized spacial score (nSPS) is 15.5. The highest BCUT2D eigenvalue weighted by atomic mass is 35.5. The van der Waals surface area contributed by atoms with Gasteiger partial charge in [0.2, 0.25) is 0 Å². The predicted octanol–water partition coefficient (Wildman–Crippen LogP) is 4.65. The average molecular weight is 398 g/mol. The van der Waals surface area contributed by atoms with Crippen LogP contribution in [-0.2, 0) is 6.54 Å². The summed E-state index contributed by atoms with van der Waals surface area (Å²) in [5, 5.41) is 3.47. The number of carbonyl (C=O) groups is 1. The van der Waals surface area contributed by atoms with E-state index in [2.05, 4.69) is 10.3 Å². The number of rotatable bonds is 5. The standard InChI is InChI=1S/C21H17ClFN3O2/c1-28-15-7-4-13(5-8-15)12-26-20(19-16(21(26)27)3-2-10-24-19)25-18-9-6-14(23)11-17(18)22/h2-11,20,25H,12H2,1H3/t20-/m0/s1. The summed E-state index contributed by atoms with van der Waals surface area (Å²) in [6.45, 7) is 0.371. The highest BCUT2D eigenvalue weighted by Crippen LogP contribution is 2.36. The molecule has 0 bridgehead atoms. The first-order chi connectivity index (χ1) is 13.6. The van der Waals surface area contributed by atoms with Crippen LogP contribution in [0.25, 0.3) is 0 Å². The van der Waals surface area contributed by atoms with Crippen molar-refractivity contribution in [1.29, 1.82) is 0 Å². The number of halogens is 2. The van der Waals surface area contributed by atoms with Gasteiger partial charge in [-0.3, -0.25) is 9.78 Å². The first kappa shape index (κ1) is 18.3. The summed E-state index contributed by atoms with van der Waals surface area (Å²) < 4.78 is 18.6. The van der Waals surface area contributed by atoms with Crippen molar-refractivity contribution < 1.29 is 13.9 Å². The minimum absolute atomic E-state index is 0.130. The molecule has 28 heavy (non-hydrogen) atoms. The Balaban J connectivity index is 1.67. The van der Waals surface area contributed by atoms with Gasteiger partial charge in [-0.15, -0.1) is 0 Å². The van der Waals surface area contributed by atoms with Crippen LogP contribution in [-0.4, -0.2) is 22.9 Å². The smallest absolute Gasteiger partial charge is 0.258 e. The Morgan fingerprint density at radius 1 is 1.21 bits per heavy atom. The van der Waals surface area contributed by atoms with Crippen molar-refractivity contribution >= 4 is 23.2 Å². The van der Waals surface area contributed by atoms with Crippen molar-refractivity contribution in [3.05, 3.63) is 88.5 Å². The Kier molecular flexibility index (Phi) is 4.88. The molecule has 2 heterocycles. The number of ether oxygens (including phenoxy) is 1. The molecule has 1 aliphatic rings. The molecule has 0 aliphatic carbocycles. The summed E-state index contributed by atoms with van der Waals surface area (Å²) in [6, 6.07) is 15.1. The van der Waals surface area contributed by atoms with Crippen molar-refractivity contribution in [2.75, 3.05) is 12.4 Å². The van der Waals surface area contributed by atoms with Gasteiger partial charge in [0.15, 0.2) is 0 Å². The molecule has 4 rings (SSSR count). The van der Waals surface area contributed by atoms with Gasteiger partial charge in [0, 0.05) is 12.7 Å². The molecule has 2 aromatic carbocycles. The Labute approximate surface area is 166 Å². The van der Waals surface area contributed by atoms with Crippen molar-refractivity contribution in [2.24, 2.45) is 0 Å². The monoisotopic (exact) mass is 397 g/mol. The number of carbonyl (C=O) groups excluding carboxylic acids is 1. The Hall–Kier alpha value is -3.12. The quantitative estimate of drug-likeness (QED) is 0.681. The molecule has 3 aromatic rings. The third-order valence-corrected chi connectivity index (χ3v) is 4.95. The summed E-state index contributed by atoms with van der Waals surface area (Å²) >= 11 is 6.17. The topological polar surface area (TPSA) is 54.5 Å². The van der Waals surface area contributed by atoms with E-state index in [0.29, 0.717) is 23.5 Å². The largest absolute Gasteiger partial charge is 0.497 e. The number of fused-ring (bicyclic) bond motifs is 1. The van der Waals surface area contributed by atoms with Crippen molar-refractivity contribution in [3.63, 3.8) is 0 Å². The maximum atomic E-state index is 13.4. The van der Waals surface area contributed by atoms with Gasteiger partial charge < -0.3 is 15.0 Å². The number of methoxy groups -OCH3 is 1. The van der Waals surface area contributed by atoms with E-state index in [0.717, 1.165) is 11.3 Å². The second-order valence-electron chi connectivity index (χ2n) is 6.39. The molecule has 0 spiro atoms. The number of nitrogens with one attached hydrogen (secondary N) is 1. The number of amides is 1. The van der Waals surface area contributed by atoms with E-state index in [1.165, 1.54) is 12.1 Å². The number of nitrogens with zero attached hydrogens (tertiary/aromatic N) is 2. The lowest BCUT2D eigenvalue weighted by Gasteiger charge is -2.27. The van der Waals surface area contributed by atoms with Crippen LogP contribution in [0.1, 0.15) is 27.8 Å². The second kappa shape index (κ2) is 7.48. The van der Waals surface area contributed by atoms with Gasteiger partial charge in [-0.05, 0) is 48.0 Å². The van der Waals surface area contributed by atoms with Gasteiger partial charge in [0.1, 0.15) is 17.7 Å². The number of hydrogen-bond acceptors (Lipinski definition) is 4. The van der Waals surface area contributed by atoms with Gasteiger partial charge in [-0.1, -0.05) is 23.7 Å². The molecule has 5 nitrogen and oxygen atoms in total. The van der Waals surface area contributed by atoms with Gasteiger partial charge in [0.05, 0.1) is 29.1 Å². The molecule has 1 aromatic heterocycles. The summed E-state index contributed by atoms with van der Waals surface area (Å²) in [5.74, 6) is 0.190. The number of benzene rings is 2.